The van der Waals surface area contributed by atoms with Crippen molar-refractivity contribution < 1.29 is 4.39 Å². The SMILES string of the molecule is CNC1CCCN(Cc2nc3ccc(F)cc3s2)C1.Cl. The standard InChI is InChI=1S/C14H18FN3S.ClH/c1-16-11-3-2-6-18(8-11)9-14-17-12-5-4-10(15)7-13(12)19-14;/h4-5,7,11,16H,2-3,6,8-9H2,1H3;1H. The number of benzene rings is 1. The molecule has 0 amide bonds. The second-order valence-electron chi connectivity index (χ2n) is 5.08. The minimum atomic E-state index is -0.184. The van der Waals surface area contributed by atoms with Gasteiger partial charge in [-0.1, -0.05) is 0 Å². The molecule has 0 saturated carbocycles. The molecule has 0 bridgehead atoms. The van der Waals surface area contributed by atoms with Crippen LogP contribution in [0.3, 0.4) is 0 Å². The summed E-state index contributed by atoms with van der Waals surface area (Å²) in [6.07, 6.45) is 2.48. The number of likely N-dealkylation sites (N-methyl/N-ethyl adjacent to an activating group) is 1. The topological polar surface area (TPSA) is 28.2 Å². The lowest BCUT2D eigenvalue weighted by Gasteiger charge is -2.31. The molecular formula is C14H19ClFN3S. The van der Waals surface area contributed by atoms with Crippen molar-refractivity contribution in [3.8, 4) is 0 Å². The summed E-state index contributed by atoms with van der Waals surface area (Å²) in [6, 6.07) is 5.39. The third-order valence-electron chi connectivity index (χ3n) is 3.67. The predicted molar refractivity (Wildman–Crippen MR) is 84.2 cm³/mol. The maximum Gasteiger partial charge on any atom is 0.124 e. The van der Waals surface area contributed by atoms with Gasteiger partial charge in [0.15, 0.2) is 0 Å². The van der Waals surface area contributed by atoms with E-state index >= 15 is 0 Å². The molecule has 1 aromatic carbocycles. The van der Waals surface area contributed by atoms with Crippen LogP contribution in [0.2, 0.25) is 0 Å². The van der Waals surface area contributed by atoms with Crippen molar-refractivity contribution in [1.82, 2.24) is 15.2 Å². The van der Waals surface area contributed by atoms with Crippen molar-refractivity contribution in [2.24, 2.45) is 0 Å². The van der Waals surface area contributed by atoms with Crippen LogP contribution in [0.5, 0.6) is 0 Å². The number of aromatic nitrogens is 1. The second kappa shape index (κ2) is 6.80. The van der Waals surface area contributed by atoms with Gasteiger partial charge in [0.25, 0.3) is 0 Å². The molecule has 6 heteroatoms. The Morgan fingerprint density at radius 1 is 1.50 bits per heavy atom. The minimum Gasteiger partial charge on any atom is -0.316 e. The third-order valence-corrected chi connectivity index (χ3v) is 4.67. The fraction of sp³-hybridized carbons (Fsp3) is 0.500. The summed E-state index contributed by atoms with van der Waals surface area (Å²) in [6.45, 7) is 3.07. The Labute approximate surface area is 128 Å². The first-order valence-electron chi connectivity index (χ1n) is 6.69. The smallest absolute Gasteiger partial charge is 0.124 e. The quantitative estimate of drug-likeness (QED) is 0.943. The van der Waals surface area contributed by atoms with E-state index in [1.54, 1.807) is 23.5 Å². The minimum absolute atomic E-state index is 0. The van der Waals surface area contributed by atoms with Gasteiger partial charge >= 0.3 is 0 Å². The Morgan fingerprint density at radius 3 is 3.15 bits per heavy atom. The lowest BCUT2D eigenvalue weighted by Crippen LogP contribution is -2.43. The van der Waals surface area contributed by atoms with Crippen LogP contribution in [-0.4, -0.2) is 36.1 Å². The number of fused-ring (bicyclic) bond motifs is 1. The van der Waals surface area contributed by atoms with Crippen molar-refractivity contribution in [2.45, 2.75) is 25.4 Å². The molecule has 0 radical (unpaired) electrons. The summed E-state index contributed by atoms with van der Waals surface area (Å²) in [5.74, 6) is -0.184. The van der Waals surface area contributed by atoms with E-state index in [1.807, 2.05) is 7.05 Å². The molecule has 1 aliphatic heterocycles. The maximum absolute atomic E-state index is 13.2. The number of nitrogens with zero attached hydrogens (tertiary/aromatic N) is 2. The Morgan fingerprint density at radius 2 is 2.35 bits per heavy atom. The van der Waals surface area contributed by atoms with Gasteiger partial charge in [-0.15, -0.1) is 23.7 Å². The van der Waals surface area contributed by atoms with Gasteiger partial charge in [-0.2, -0.15) is 0 Å². The summed E-state index contributed by atoms with van der Waals surface area (Å²) in [5.41, 5.74) is 0.906. The molecule has 3 nitrogen and oxygen atoms in total. The second-order valence-corrected chi connectivity index (χ2v) is 6.20. The highest BCUT2D eigenvalue weighted by molar-refractivity contribution is 7.18. The van der Waals surface area contributed by atoms with Crippen LogP contribution in [0.4, 0.5) is 4.39 Å². The van der Waals surface area contributed by atoms with Gasteiger partial charge < -0.3 is 5.32 Å². The first-order chi connectivity index (χ1) is 9.24. The van der Waals surface area contributed by atoms with Crippen molar-refractivity contribution >= 4 is 34.0 Å². The Hall–Kier alpha value is -0.750. The molecule has 2 aromatic rings. The van der Waals surface area contributed by atoms with Crippen molar-refractivity contribution in [1.29, 1.82) is 0 Å². The van der Waals surface area contributed by atoms with E-state index in [1.165, 1.54) is 18.9 Å². The predicted octanol–water partition coefficient (Wildman–Crippen LogP) is 3.04. The maximum atomic E-state index is 13.2. The van der Waals surface area contributed by atoms with E-state index in [-0.39, 0.29) is 18.2 Å². The van der Waals surface area contributed by atoms with Crippen LogP contribution in [0, 0.1) is 5.82 Å². The number of hydrogen-bond acceptors (Lipinski definition) is 4. The van der Waals surface area contributed by atoms with Gasteiger partial charge in [-0.3, -0.25) is 4.90 Å². The summed E-state index contributed by atoms with van der Waals surface area (Å²) in [5, 5.41) is 4.43. The highest BCUT2D eigenvalue weighted by Crippen LogP contribution is 2.24. The molecule has 3 rings (SSSR count). The van der Waals surface area contributed by atoms with E-state index in [9.17, 15) is 4.39 Å². The van der Waals surface area contributed by atoms with E-state index in [4.69, 9.17) is 0 Å². The summed E-state index contributed by atoms with van der Waals surface area (Å²) < 4.78 is 14.1. The summed E-state index contributed by atoms with van der Waals surface area (Å²) >= 11 is 1.60. The molecule has 1 atom stereocenters. The molecular weight excluding hydrogens is 297 g/mol. The molecule has 1 aliphatic rings. The number of halogens is 2. The van der Waals surface area contributed by atoms with Crippen LogP contribution in [-0.2, 0) is 6.54 Å². The zero-order valence-electron chi connectivity index (χ0n) is 11.4. The van der Waals surface area contributed by atoms with Crippen molar-refractivity contribution in [2.75, 3.05) is 20.1 Å². The van der Waals surface area contributed by atoms with Crippen molar-refractivity contribution in [3.05, 3.63) is 29.0 Å². The lowest BCUT2D eigenvalue weighted by molar-refractivity contribution is 0.188. The van der Waals surface area contributed by atoms with Crippen molar-refractivity contribution in [3.63, 3.8) is 0 Å². The zero-order chi connectivity index (χ0) is 13.2. The average Bonchev–Trinajstić information content (AvgIpc) is 2.80. The first kappa shape index (κ1) is 15.6. The van der Waals surface area contributed by atoms with E-state index in [0.29, 0.717) is 6.04 Å². The molecule has 1 unspecified atom stereocenters. The van der Waals surface area contributed by atoms with Crippen LogP contribution in [0.25, 0.3) is 10.2 Å². The molecule has 1 saturated heterocycles. The fourth-order valence-corrected chi connectivity index (χ4v) is 3.67. The molecule has 1 N–H and O–H groups in total. The largest absolute Gasteiger partial charge is 0.316 e. The Balaban J connectivity index is 0.00000147. The summed E-state index contributed by atoms with van der Waals surface area (Å²) in [7, 11) is 2.02. The molecule has 110 valence electrons. The number of nitrogens with one attached hydrogen (secondary N) is 1. The number of thiazole rings is 1. The van der Waals surface area contributed by atoms with E-state index < -0.39 is 0 Å². The fourth-order valence-electron chi connectivity index (χ4n) is 2.64. The highest BCUT2D eigenvalue weighted by atomic mass is 35.5. The Bertz CT molecular complexity index is 575. The van der Waals surface area contributed by atoms with Crippen LogP contribution < -0.4 is 5.32 Å². The lowest BCUT2D eigenvalue weighted by atomic mass is 10.1. The zero-order valence-corrected chi connectivity index (χ0v) is 13.1. The van der Waals surface area contributed by atoms with E-state index in [0.717, 1.165) is 34.9 Å². The monoisotopic (exact) mass is 315 g/mol. The molecule has 2 heterocycles. The van der Waals surface area contributed by atoms with Gasteiger partial charge in [0.2, 0.25) is 0 Å². The van der Waals surface area contributed by atoms with Gasteiger partial charge in [0.05, 0.1) is 16.8 Å². The van der Waals surface area contributed by atoms with Gasteiger partial charge in [0.1, 0.15) is 10.8 Å². The highest BCUT2D eigenvalue weighted by Gasteiger charge is 2.19. The first-order valence-corrected chi connectivity index (χ1v) is 7.51. The molecule has 1 fully saturated rings. The number of hydrogen-bond donors (Lipinski definition) is 1. The average molecular weight is 316 g/mol. The third kappa shape index (κ3) is 3.47. The number of rotatable bonds is 3. The van der Waals surface area contributed by atoms with Crippen LogP contribution in [0.1, 0.15) is 17.8 Å². The normalized spacial score (nSPS) is 20.0. The summed E-state index contributed by atoms with van der Waals surface area (Å²) in [4.78, 5) is 7.02. The van der Waals surface area contributed by atoms with E-state index in [2.05, 4.69) is 15.2 Å². The van der Waals surface area contributed by atoms with Gasteiger partial charge in [-0.05, 0) is 44.6 Å². The molecule has 0 spiro atoms. The van der Waals surface area contributed by atoms with Gasteiger partial charge in [0, 0.05) is 12.6 Å². The van der Waals surface area contributed by atoms with Gasteiger partial charge in [-0.25, -0.2) is 9.37 Å². The number of likely N-dealkylation sites (tertiary alicyclic amines) is 1. The molecule has 1 aromatic heterocycles. The van der Waals surface area contributed by atoms with Crippen LogP contribution in [0.15, 0.2) is 18.2 Å². The number of piperidine rings is 1. The molecule has 0 aliphatic carbocycles. The Kier molecular flexibility index (Phi) is 5.32. The van der Waals surface area contributed by atoms with Crippen LogP contribution >= 0.6 is 23.7 Å². The molecule has 20 heavy (non-hydrogen) atoms.